The second-order valence-corrected chi connectivity index (χ2v) is 8.16. The monoisotopic (exact) mass is 354 g/mol. The van der Waals surface area contributed by atoms with Gasteiger partial charge in [-0.2, -0.15) is 0 Å². The molecule has 2 atom stereocenters. The molecule has 0 amide bonds. The highest BCUT2D eigenvalue weighted by molar-refractivity contribution is 5.69. The highest BCUT2D eigenvalue weighted by atomic mass is 16.4. The van der Waals surface area contributed by atoms with Gasteiger partial charge in [0.25, 0.3) is 0 Å². The van der Waals surface area contributed by atoms with Crippen molar-refractivity contribution >= 4 is 5.97 Å². The Balaban J connectivity index is 3.87. The Morgan fingerprint density at radius 1 is 0.680 bits per heavy atom. The fourth-order valence-electron chi connectivity index (χ4n) is 3.76. The lowest BCUT2D eigenvalue weighted by molar-refractivity contribution is -0.141. The minimum Gasteiger partial charge on any atom is -0.481 e. The summed E-state index contributed by atoms with van der Waals surface area (Å²) in [4.78, 5) is 11.2. The van der Waals surface area contributed by atoms with E-state index in [1.54, 1.807) is 0 Å². The van der Waals surface area contributed by atoms with E-state index in [1.807, 2.05) is 6.92 Å². The van der Waals surface area contributed by atoms with Crippen molar-refractivity contribution in [2.45, 2.75) is 130 Å². The standard InChI is InChI=1S/C23H46O2/c1-4-6-8-10-12-13-15-17-19-22(20-21(3)23(24)25)18-16-14-11-9-7-5-2/h21-22H,4-20H2,1-3H3,(H,24,25). The average Bonchev–Trinajstić information content (AvgIpc) is 2.59. The van der Waals surface area contributed by atoms with E-state index >= 15 is 0 Å². The van der Waals surface area contributed by atoms with E-state index in [-0.39, 0.29) is 5.92 Å². The molecule has 0 radical (unpaired) electrons. The van der Waals surface area contributed by atoms with E-state index in [9.17, 15) is 9.90 Å². The first-order chi connectivity index (χ1) is 12.1. The van der Waals surface area contributed by atoms with Gasteiger partial charge in [0.2, 0.25) is 0 Å². The molecule has 0 aromatic heterocycles. The van der Waals surface area contributed by atoms with Gasteiger partial charge in [-0.3, -0.25) is 4.79 Å². The van der Waals surface area contributed by atoms with E-state index in [0.29, 0.717) is 5.92 Å². The molecule has 0 spiro atoms. The zero-order valence-corrected chi connectivity index (χ0v) is 17.5. The van der Waals surface area contributed by atoms with E-state index in [4.69, 9.17) is 0 Å². The molecule has 150 valence electrons. The van der Waals surface area contributed by atoms with Crippen LogP contribution in [0, 0.1) is 11.8 Å². The van der Waals surface area contributed by atoms with Crippen molar-refractivity contribution in [3.63, 3.8) is 0 Å². The van der Waals surface area contributed by atoms with E-state index in [0.717, 1.165) is 6.42 Å². The molecule has 0 saturated carbocycles. The molecular formula is C23H46O2. The third kappa shape index (κ3) is 16.7. The van der Waals surface area contributed by atoms with E-state index in [2.05, 4.69) is 13.8 Å². The smallest absolute Gasteiger partial charge is 0.306 e. The molecular weight excluding hydrogens is 308 g/mol. The topological polar surface area (TPSA) is 37.3 Å². The van der Waals surface area contributed by atoms with Gasteiger partial charge < -0.3 is 5.11 Å². The third-order valence-corrected chi connectivity index (χ3v) is 5.54. The Kier molecular flexibility index (Phi) is 17.9. The van der Waals surface area contributed by atoms with E-state index < -0.39 is 5.97 Å². The Morgan fingerprint density at radius 3 is 1.40 bits per heavy atom. The van der Waals surface area contributed by atoms with Crippen LogP contribution in [0.5, 0.6) is 0 Å². The molecule has 0 bridgehead atoms. The molecule has 0 aromatic carbocycles. The van der Waals surface area contributed by atoms with Gasteiger partial charge in [-0.25, -0.2) is 0 Å². The maximum absolute atomic E-state index is 11.2. The quantitative estimate of drug-likeness (QED) is 0.239. The molecule has 1 N–H and O–H groups in total. The van der Waals surface area contributed by atoms with Gasteiger partial charge in [0.05, 0.1) is 5.92 Å². The Morgan fingerprint density at radius 2 is 1.04 bits per heavy atom. The van der Waals surface area contributed by atoms with Crippen molar-refractivity contribution < 1.29 is 9.90 Å². The van der Waals surface area contributed by atoms with Gasteiger partial charge in [-0.1, -0.05) is 124 Å². The summed E-state index contributed by atoms with van der Waals surface area (Å²) in [5.41, 5.74) is 0. The SMILES string of the molecule is CCCCCCCCCCC(CCCCCCCC)CC(C)C(=O)O. The minimum absolute atomic E-state index is 0.181. The van der Waals surface area contributed by atoms with Crippen LogP contribution in [0.15, 0.2) is 0 Å². The number of carbonyl (C=O) groups is 1. The molecule has 0 rings (SSSR count). The van der Waals surface area contributed by atoms with Gasteiger partial charge in [0.15, 0.2) is 0 Å². The predicted molar refractivity (Wildman–Crippen MR) is 110 cm³/mol. The molecule has 2 unspecified atom stereocenters. The fraction of sp³-hybridized carbons (Fsp3) is 0.957. The molecule has 0 aliphatic rings. The Hall–Kier alpha value is -0.530. The third-order valence-electron chi connectivity index (χ3n) is 5.54. The van der Waals surface area contributed by atoms with Crippen LogP contribution in [0.4, 0.5) is 0 Å². The Bertz CT molecular complexity index is 288. The maximum Gasteiger partial charge on any atom is 0.306 e. The summed E-state index contributed by atoms with van der Waals surface area (Å²) in [5, 5.41) is 9.21. The summed E-state index contributed by atoms with van der Waals surface area (Å²) in [6, 6.07) is 0. The summed E-state index contributed by atoms with van der Waals surface area (Å²) >= 11 is 0. The molecule has 0 fully saturated rings. The molecule has 0 aromatic rings. The van der Waals surface area contributed by atoms with Gasteiger partial charge in [-0.15, -0.1) is 0 Å². The number of carboxylic acids is 1. The summed E-state index contributed by atoms with van der Waals surface area (Å²) in [7, 11) is 0. The number of hydrogen-bond acceptors (Lipinski definition) is 1. The highest BCUT2D eigenvalue weighted by Gasteiger charge is 2.17. The normalized spacial score (nSPS) is 13.7. The van der Waals surface area contributed by atoms with Gasteiger partial charge in [0.1, 0.15) is 0 Å². The first-order valence-electron chi connectivity index (χ1n) is 11.3. The lowest BCUT2D eigenvalue weighted by atomic mass is 9.87. The molecule has 0 aliphatic heterocycles. The van der Waals surface area contributed by atoms with Crippen LogP contribution >= 0.6 is 0 Å². The van der Waals surface area contributed by atoms with Crippen LogP contribution in [-0.4, -0.2) is 11.1 Å². The van der Waals surface area contributed by atoms with Crippen LogP contribution < -0.4 is 0 Å². The highest BCUT2D eigenvalue weighted by Crippen LogP contribution is 2.25. The molecule has 0 heterocycles. The second-order valence-electron chi connectivity index (χ2n) is 8.16. The summed E-state index contributed by atoms with van der Waals surface area (Å²) in [5.74, 6) is -0.180. The first kappa shape index (κ1) is 24.5. The van der Waals surface area contributed by atoms with Crippen LogP contribution in [0.25, 0.3) is 0 Å². The zero-order valence-electron chi connectivity index (χ0n) is 17.5. The van der Waals surface area contributed by atoms with Crippen molar-refractivity contribution in [1.82, 2.24) is 0 Å². The van der Waals surface area contributed by atoms with Gasteiger partial charge >= 0.3 is 5.97 Å². The average molecular weight is 355 g/mol. The Labute approximate surface area is 158 Å². The maximum atomic E-state index is 11.2. The van der Waals surface area contributed by atoms with Crippen LogP contribution in [0.2, 0.25) is 0 Å². The predicted octanol–water partition coefficient (Wildman–Crippen LogP) is 7.99. The van der Waals surface area contributed by atoms with Crippen molar-refractivity contribution in [3.8, 4) is 0 Å². The minimum atomic E-state index is -0.621. The number of aliphatic carboxylic acids is 1. The molecule has 25 heavy (non-hydrogen) atoms. The number of unbranched alkanes of at least 4 members (excludes halogenated alkanes) is 12. The van der Waals surface area contributed by atoms with E-state index in [1.165, 1.54) is 103 Å². The van der Waals surface area contributed by atoms with Crippen molar-refractivity contribution in [2.24, 2.45) is 11.8 Å². The molecule has 2 heteroatoms. The van der Waals surface area contributed by atoms with Crippen LogP contribution in [0.3, 0.4) is 0 Å². The number of hydrogen-bond donors (Lipinski definition) is 1. The van der Waals surface area contributed by atoms with Crippen molar-refractivity contribution in [2.75, 3.05) is 0 Å². The lowest BCUT2D eigenvalue weighted by Gasteiger charge is -2.19. The largest absolute Gasteiger partial charge is 0.481 e. The number of carboxylic acid groups (broad SMARTS) is 1. The van der Waals surface area contributed by atoms with Crippen LogP contribution in [-0.2, 0) is 4.79 Å². The van der Waals surface area contributed by atoms with Crippen LogP contribution in [0.1, 0.15) is 130 Å². The lowest BCUT2D eigenvalue weighted by Crippen LogP contribution is -2.15. The summed E-state index contributed by atoms with van der Waals surface area (Å²) in [6.45, 7) is 6.40. The molecule has 0 saturated heterocycles. The van der Waals surface area contributed by atoms with Crippen molar-refractivity contribution in [1.29, 1.82) is 0 Å². The molecule has 0 aliphatic carbocycles. The zero-order chi connectivity index (χ0) is 18.8. The molecule has 2 nitrogen and oxygen atoms in total. The summed E-state index contributed by atoms with van der Waals surface area (Å²) < 4.78 is 0. The van der Waals surface area contributed by atoms with Gasteiger partial charge in [0, 0.05) is 0 Å². The second kappa shape index (κ2) is 18.3. The van der Waals surface area contributed by atoms with Crippen molar-refractivity contribution in [3.05, 3.63) is 0 Å². The van der Waals surface area contributed by atoms with Gasteiger partial charge in [-0.05, 0) is 12.3 Å². The summed E-state index contributed by atoms with van der Waals surface area (Å²) in [6.07, 6.45) is 22.2. The first-order valence-corrected chi connectivity index (χ1v) is 11.3. The number of rotatable bonds is 19. The fourth-order valence-corrected chi connectivity index (χ4v) is 3.76.